The third kappa shape index (κ3) is 0.864. The Kier molecular flexibility index (Phi) is 1.64. The van der Waals surface area contributed by atoms with Gasteiger partial charge in [0, 0.05) is 0 Å². The van der Waals surface area contributed by atoms with E-state index in [1.165, 1.54) is 5.56 Å². The van der Waals surface area contributed by atoms with Crippen LogP contribution >= 0.6 is 11.8 Å². The minimum atomic E-state index is 0.662. The Hall–Kier alpha value is -0.690. The maximum atomic E-state index is 2.30. The quantitative estimate of drug-likeness (QED) is 0.569. The van der Waals surface area contributed by atoms with Gasteiger partial charge >= 0.3 is 0 Å². The van der Waals surface area contributed by atoms with Crippen LogP contribution in [0.3, 0.4) is 0 Å². The minimum Gasteiger partial charge on any atom is -0.137 e. The molecule has 0 unspecified atom stereocenters. The van der Waals surface area contributed by atoms with Crippen LogP contribution in [0.2, 0.25) is 0 Å². The van der Waals surface area contributed by atoms with E-state index in [2.05, 4.69) is 50.7 Å². The standard InChI is InChI=1S/C13H14S/c1-7-5-4-6-10-11(7)13-9(3)8(2)12(10)14-13/h4-6,12-13H,1-3H3/t12-,13+/m1/s1. The van der Waals surface area contributed by atoms with E-state index in [9.17, 15) is 0 Å². The van der Waals surface area contributed by atoms with E-state index in [1.54, 1.807) is 22.3 Å². The highest BCUT2D eigenvalue weighted by Gasteiger charge is 2.40. The van der Waals surface area contributed by atoms with Crippen LogP contribution in [-0.2, 0) is 0 Å². The van der Waals surface area contributed by atoms with Crippen molar-refractivity contribution in [3.05, 3.63) is 46.0 Å². The second-order valence-corrected chi connectivity index (χ2v) is 5.55. The first-order valence-corrected chi connectivity index (χ1v) is 6.06. The molecule has 2 bridgehead atoms. The molecule has 1 aromatic carbocycles. The van der Waals surface area contributed by atoms with E-state index >= 15 is 0 Å². The van der Waals surface area contributed by atoms with Gasteiger partial charge in [-0.3, -0.25) is 0 Å². The van der Waals surface area contributed by atoms with Crippen molar-refractivity contribution < 1.29 is 0 Å². The predicted octanol–water partition coefficient (Wildman–Crippen LogP) is 4.17. The molecule has 2 atom stereocenters. The normalized spacial score (nSPS) is 28.5. The van der Waals surface area contributed by atoms with Crippen molar-refractivity contribution in [1.29, 1.82) is 0 Å². The molecule has 0 aliphatic carbocycles. The molecule has 2 aliphatic heterocycles. The van der Waals surface area contributed by atoms with Gasteiger partial charge in [-0.1, -0.05) is 29.3 Å². The highest BCUT2D eigenvalue weighted by Crippen LogP contribution is 2.63. The van der Waals surface area contributed by atoms with Crippen LogP contribution in [0.4, 0.5) is 0 Å². The maximum Gasteiger partial charge on any atom is 0.0522 e. The van der Waals surface area contributed by atoms with Crippen LogP contribution in [0, 0.1) is 6.92 Å². The summed E-state index contributed by atoms with van der Waals surface area (Å²) in [5.74, 6) is 0. The van der Waals surface area contributed by atoms with Crippen molar-refractivity contribution >= 4 is 11.8 Å². The Labute approximate surface area is 89.4 Å². The molecule has 1 heteroatoms. The van der Waals surface area contributed by atoms with Crippen molar-refractivity contribution in [2.24, 2.45) is 0 Å². The molecule has 2 aliphatic rings. The largest absolute Gasteiger partial charge is 0.137 e. The third-order valence-electron chi connectivity index (χ3n) is 3.58. The number of benzene rings is 1. The fourth-order valence-corrected chi connectivity index (χ4v) is 4.50. The second-order valence-electron chi connectivity index (χ2n) is 4.34. The molecular weight excluding hydrogens is 188 g/mol. The summed E-state index contributed by atoms with van der Waals surface area (Å²) >= 11 is 2.12. The van der Waals surface area contributed by atoms with Gasteiger partial charge in [-0.15, -0.1) is 11.8 Å². The van der Waals surface area contributed by atoms with E-state index in [0.717, 1.165) is 0 Å². The summed E-state index contributed by atoms with van der Waals surface area (Å²) in [7, 11) is 0. The molecule has 2 heterocycles. The molecule has 0 nitrogen and oxygen atoms in total. The van der Waals surface area contributed by atoms with Crippen LogP contribution in [-0.4, -0.2) is 0 Å². The molecule has 0 fully saturated rings. The summed E-state index contributed by atoms with van der Waals surface area (Å²) in [5, 5.41) is 1.33. The van der Waals surface area contributed by atoms with Gasteiger partial charge in [0.1, 0.15) is 0 Å². The lowest BCUT2D eigenvalue weighted by atomic mass is 9.85. The molecule has 0 N–H and O–H groups in total. The van der Waals surface area contributed by atoms with Gasteiger partial charge in [0.05, 0.1) is 10.5 Å². The van der Waals surface area contributed by atoms with Crippen molar-refractivity contribution in [2.75, 3.05) is 0 Å². The number of hydrogen-bond donors (Lipinski definition) is 0. The lowest BCUT2D eigenvalue weighted by Crippen LogP contribution is -2.02. The summed E-state index contributed by atoms with van der Waals surface area (Å²) in [6, 6.07) is 6.73. The monoisotopic (exact) mass is 202 g/mol. The van der Waals surface area contributed by atoms with Gasteiger partial charge < -0.3 is 0 Å². The molecule has 72 valence electrons. The molecule has 0 spiro atoms. The van der Waals surface area contributed by atoms with Crippen LogP contribution in [0.1, 0.15) is 41.0 Å². The van der Waals surface area contributed by atoms with Crippen LogP contribution in [0.25, 0.3) is 0 Å². The Balaban J connectivity index is 2.26. The number of hydrogen-bond acceptors (Lipinski definition) is 1. The lowest BCUT2D eigenvalue weighted by molar-refractivity contribution is 0.975. The molecule has 3 rings (SSSR count). The van der Waals surface area contributed by atoms with E-state index < -0.39 is 0 Å². The van der Waals surface area contributed by atoms with Gasteiger partial charge in [0.25, 0.3) is 0 Å². The molecule has 0 saturated heterocycles. The van der Waals surface area contributed by atoms with Crippen molar-refractivity contribution in [3.63, 3.8) is 0 Å². The first-order chi connectivity index (χ1) is 6.70. The smallest absolute Gasteiger partial charge is 0.0522 e. The van der Waals surface area contributed by atoms with Gasteiger partial charge in [0.15, 0.2) is 0 Å². The van der Waals surface area contributed by atoms with Crippen LogP contribution in [0.15, 0.2) is 29.3 Å². The highest BCUT2D eigenvalue weighted by molar-refractivity contribution is 8.00. The number of aryl methyl sites for hydroxylation is 1. The number of rotatable bonds is 0. The van der Waals surface area contributed by atoms with Gasteiger partial charge in [0.2, 0.25) is 0 Å². The fraction of sp³-hybridized carbons (Fsp3) is 0.385. The zero-order chi connectivity index (χ0) is 9.87. The van der Waals surface area contributed by atoms with Crippen LogP contribution in [0.5, 0.6) is 0 Å². The number of fused-ring (bicyclic) bond motifs is 5. The molecule has 1 aromatic rings. The summed E-state index contributed by atoms with van der Waals surface area (Å²) < 4.78 is 0. The van der Waals surface area contributed by atoms with E-state index in [0.29, 0.717) is 10.5 Å². The van der Waals surface area contributed by atoms with Gasteiger partial charge in [-0.25, -0.2) is 0 Å². The van der Waals surface area contributed by atoms with E-state index in [-0.39, 0.29) is 0 Å². The molecule has 0 aromatic heterocycles. The highest BCUT2D eigenvalue weighted by atomic mass is 32.2. The Bertz CT molecular complexity index is 443. The predicted molar refractivity (Wildman–Crippen MR) is 62.6 cm³/mol. The van der Waals surface area contributed by atoms with Gasteiger partial charge in [-0.05, 0) is 37.5 Å². The Morgan fingerprint density at radius 3 is 2.50 bits per heavy atom. The third-order valence-corrected chi connectivity index (χ3v) is 5.32. The second kappa shape index (κ2) is 2.66. The summed E-state index contributed by atoms with van der Waals surface area (Å²) in [4.78, 5) is 0. The fourth-order valence-electron chi connectivity index (χ4n) is 2.64. The maximum absolute atomic E-state index is 2.30. The molecule has 0 saturated carbocycles. The first-order valence-electron chi connectivity index (χ1n) is 5.12. The minimum absolute atomic E-state index is 0.662. The first kappa shape index (κ1) is 8.60. The summed E-state index contributed by atoms with van der Waals surface area (Å²) in [6.45, 7) is 6.82. The Morgan fingerprint density at radius 1 is 1.00 bits per heavy atom. The molecular formula is C13H14S. The Morgan fingerprint density at radius 2 is 1.71 bits per heavy atom. The van der Waals surface area contributed by atoms with Crippen molar-refractivity contribution in [3.8, 4) is 0 Å². The molecule has 14 heavy (non-hydrogen) atoms. The SMILES string of the molecule is CC1=C(C)[C@@H]2S[C@H]1c1cccc(C)c12. The van der Waals surface area contributed by atoms with Gasteiger partial charge in [-0.2, -0.15) is 0 Å². The van der Waals surface area contributed by atoms with E-state index in [1.807, 2.05) is 0 Å². The summed E-state index contributed by atoms with van der Waals surface area (Å²) in [6.07, 6.45) is 0. The average molecular weight is 202 g/mol. The number of thioether (sulfide) groups is 1. The molecule has 0 amide bonds. The topological polar surface area (TPSA) is 0 Å². The zero-order valence-corrected chi connectivity index (χ0v) is 9.61. The van der Waals surface area contributed by atoms with Crippen LogP contribution < -0.4 is 0 Å². The zero-order valence-electron chi connectivity index (χ0n) is 8.79. The average Bonchev–Trinajstić information content (AvgIpc) is 2.67. The lowest BCUT2D eigenvalue weighted by Gasteiger charge is -2.18. The van der Waals surface area contributed by atoms with E-state index in [4.69, 9.17) is 0 Å². The molecule has 0 radical (unpaired) electrons. The van der Waals surface area contributed by atoms with Crippen molar-refractivity contribution in [2.45, 2.75) is 31.3 Å². The summed E-state index contributed by atoms with van der Waals surface area (Å²) in [5.41, 5.74) is 7.84. The van der Waals surface area contributed by atoms with Crippen molar-refractivity contribution in [1.82, 2.24) is 0 Å².